The number of aryl methyl sites for hydroxylation is 1. The smallest absolute Gasteiger partial charge is 0.255 e. The Morgan fingerprint density at radius 1 is 1.09 bits per heavy atom. The monoisotopic (exact) mass is 334 g/mol. The van der Waals surface area contributed by atoms with E-state index in [-0.39, 0.29) is 11.8 Å². The summed E-state index contributed by atoms with van der Waals surface area (Å²) in [6.45, 7) is 0. The van der Waals surface area contributed by atoms with Crippen molar-refractivity contribution in [3.05, 3.63) is 57.6 Å². The van der Waals surface area contributed by atoms with Crippen LogP contribution in [0.3, 0.4) is 0 Å². The summed E-state index contributed by atoms with van der Waals surface area (Å²) in [6.07, 6.45) is 1.05. The maximum atomic E-state index is 12.4. The van der Waals surface area contributed by atoms with Crippen molar-refractivity contribution in [2.45, 2.75) is 12.8 Å². The molecule has 0 aromatic heterocycles. The molecule has 0 bridgehead atoms. The molecular formula is C16H12Cl2N2O2. The van der Waals surface area contributed by atoms with Crippen LogP contribution in [0.1, 0.15) is 22.3 Å². The highest BCUT2D eigenvalue weighted by molar-refractivity contribution is 6.40. The molecule has 1 heterocycles. The Bertz CT molecular complexity index is 754. The molecule has 2 aromatic carbocycles. The molecule has 0 aliphatic carbocycles. The number of carbonyl (C=O) groups is 2. The molecule has 6 heteroatoms. The predicted molar refractivity (Wildman–Crippen MR) is 87.8 cm³/mol. The Balaban J connectivity index is 1.85. The first-order valence-electron chi connectivity index (χ1n) is 6.73. The summed E-state index contributed by atoms with van der Waals surface area (Å²) in [6, 6.07) is 10.2. The lowest BCUT2D eigenvalue weighted by atomic mass is 10.00. The minimum atomic E-state index is -0.297. The number of fused-ring (bicyclic) bond motifs is 1. The van der Waals surface area contributed by atoms with Crippen LogP contribution in [0.2, 0.25) is 10.0 Å². The van der Waals surface area contributed by atoms with Gasteiger partial charge in [0.05, 0.1) is 15.7 Å². The maximum absolute atomic E-state index is 12.4. The second-order valence-electron chi connectivity index (χ2n) is 4.97. The van der Waals surface area contributed by atoms with E-state index in [9.17, 15) is 9.59 Å². The minimum absolute atomic E-state index is 0.00690. The van der Waals surface area contributed by atoms with Gasteiger partial charge in [-0.05, 0) is 42.3 Å². The molecule has 22 heavy (non-hydrogen) atoms. The van der Waals surface area contributed by atoms with Gasteiger partial charge in [0.1, 0.15) is 0 Å². The Hall–Kier alpha value is -2.04. The number of amides is 2. The van der Waals surface area contributed by atoms with Crippen LogP contribution >= 0.6 is 23.2 Å². The van der Waals surface area contributed by atoms with Crippen molar-refractivity contribution in [1.82, 2.24) is 0 Å². The lowest BCUT2D eigenvalue weighted by molar-refractivity contribution is -0.116. The third-order valence-corrected chi connectivity index (χ3v) is 4.09. The number of nitrogens with one attached hydrogen (secondary N) is 2. The lowest BCUT2D eigenvalue weighted by Crippen LogP contribution is -2.20. The van der Waals surface area contributed by atoms with Crippen molar-refractivity contribution >= 4 is 46.4 Å². The molecule has 0 unspecified atom stereocenters. The van der Waals surface area contributed by atoms with Gasteiger partial charge in [-0.3, -0.25) is 9.59 Å². The molecule has 2 aromatic rings. The average molecular weight is 335 g/mol. The zero-order valence-electron chi connectivity index (χ0n) is 11.5. The van der Waals surface area contributed by atoms with E-state index in [1.54, 1.807) is 36.4 Å². The van der Waals surface area contributed by atoms with Gasteiger partial charge in [0.2, 0.25) is 5.91 Å². The fraction of sp³-hybridized carbons (Fsp3) is 0.125. The van der Waals surface area contributed by atoms with Gasteiger partial charge in [0.15, 0.2) is 0 Å². The second kappa shape index (κ2) is 5.99. The molecule has 0 atom stereocenters. The normalized spacial score (nSPS) is 13.3. The maximum Gasteiger partial charge on any atom is 0.255 e. The average Bonchev–Trinajstić information content (AvgIpc) is 2.50. The quantitative estimate of drug-likeness (QED) is 0.867. The van der Waals surface area contributed by atoms with E-state index in [1.165, 1.54) is 0 Å². The van der Waals surface area contributed by atoms with Gasteiger partial charge in [-0.2, -0.15) is 0 Å². The largest absolute Gasteiger partial charge is 0.326 e. The van der Waals surface area contributed by atoms with E-state index in [1.807, 2.05) is 0 Å². The fourth-order valence-corrected chi connectivity index (χ4v) is 2.82. The Kier molecular flexibility index (Phi) is 4.05. The number of hydrogen-bond donors (Lipinski definition) is 2. The summed E-state index contributed by atoms with van der Waals surface area (Å²) in [7, 11) is 0. The number of para-hydroxylation sites is 1. The van der Waals surface area contributed by atoms with Crippen LogP contribution in [-0.2, 0) is 11.2 Å². The van der Waals surface area contributed by atoms with Gasteiger partial charge in [-0.1, -0.05) is 29.3 Å². The summed E-state index contributed by atoms with van der Waals surface area (Å²) in [4.78, 5) is 23.7. The molecule has 0 saturated carbocycles. The number of hydrogen-bond acceptors (Lipinski definition) is 2. The van der Waals surface area contributed by atoms with Crippen molar-refractivity contribution in [2.75, 3.05) is 10.6 Å². The molecule has 112 valence electrons. The SMILES string of the molecule is O=C1CCc2cc(C(=O)Nc3c(Cl)cccc3Cl)ccc2N1. The van der Waals surface area contributed by atoms with Crippen molar-refractivity contribution in [1.29, 1.82) is 0 Å². The van der Waals surface area contributed by atoms with E-state index in [0.717, 1.165) is 11.3 Å². The molecule has 0 spiro atoms. The van der Waals surface area contributed by atoms with Crippen molar-refractivity contribution < 1.29 is 9.59 Å². The molecule has 1 aliphatic rings. The molecule has 3 rings (SSSR count). The highest BCUT2D eigenvalue weighted by Crippen LogP contribution is 2.30. The Morgan fingerprint density at radius 2 is 1.82 bits per heavy atom. The van der Waals surface area contributed by atoms with E-state index >= 15 is 0 Å². The van der Waals surface area contributed by atoms with Gasteiger partial charge in [0, 0.05) is 17.7 Å². The highest BCUT2D eigenvalue weighted by atomic mass is 35.5. The molecule has 2 amide bonds. The third-order valence-electron chi connectivity index (χ3n) is 3.46. The lowest BCUT2D eigenvalue weighted by Gasteiger charge is -2.17. The van der Waals surface area contributed by atoms with Crippen LogP contribution in [0, 0.1) is 0 Å². The summed E-state index contributed by atoms with van der Waals surface area (Å²) in [5.74, 6) is -0.303. The molecule has 4 nitrogen and oxygen atoms in total. The summed E-state index contributed by atoms with van der Waals surface area (Å²) in [5, 5.41) is 6.26. The van der Waals surface area contributed by atoms with E-state index < -0.39 is 0 Å². The number of benzene rings is 2. The number of carbonyl (C=O) groups excluding carboxylic acids is 2. The topological polar surface area (TPSA) is 58.2 Å². The van der Waals surface area contributed by atoms with Crippen LogP contribution in [0.5, 0.6) is 0 Å². The number of anilines is 2. The highest BCUT2D eigenvalue weighted by Gasteiger charge is 2.17. The van der Waals surface area contributed by atoms with E-state index in [4.69, 9.17) is 23.2 Å². The van der Waals surface area contributed by atoms with Crippen LogP contribution in [0.4, 0.5) is 11.4 Å². The van der Waals surface area contributed by atoms with Crippen LogP contribution in [0.15, 0.2) is 36.4 Å². The van der Waals surface area contributed by atoms with Gasteiger partial charge in [0.25, 0.3) is 5.91 Å². The van der Waals surface area contributed by atoms with E-state index in [0.29, 0.717) is 34.1 Å². The Labute approximate surface area is 137 Å². The molecular weight excluding hydrogens is 323 g/mol. The first-order chi connectivity index (χ1) is 10.5. The number of halogens is 2. The predicted octanol–water partition coefficient (Wildman–Crippen LogP) is 4.13. The number of rotatable bonds is 2. The molecule has 0 radical (unpaired) electrons. The first kappa shape index (κ1) is 14.9. The summed E-state index contributed by atoms with van der Waals surface area (Å²) < 4.78 is 0. The fourth-order valence-electron chi connectivity index (χ4n) is 2.33. The minimum Gasteiger partial charge on any atom is -0.326 e. The summed E-state index contributed by atoms with van der Waals surface area (Å²) in [5.41, 5.74) is 2.58. The molecule has 0 fully saturated rings. The molecule has 2 N–H and O–H groups in total. The third kappa shape index (κ3) is 2.93. The van der Waals surface area contributed by atoms with Gasteiger partial charge in [-0.15, -0.1) is 0 Å². The first-order valence-corrected chi connectivity index (χ1v) is 7.48. The molecule has 1 aliphatic heterocycles. The zero-order chi connectivity index (χ0) is 15.7. The van der Waals surface area contributed by atoms with Crippen LogP contribution in [-0.4, -0.2) is 11.8 Å². The van der Waals surface area contributed by atoms with Crippen LogP contribution < -0.4 is 10.6 Å². The van der Waals surface area contributed by atoms with Crippen LogP contribution in [0.25, 0.3) is 0 Å². The van der Waals surface area contributed by atoms with E-state index in [2.05, 4.69) is 10.6 Å². The standard InChI is InChI=1S/C16H12Cl2N2O2/c17-11-2-1-3-12(18)15(11)20-16(22)10-4-6-13-9(8-10)5-7-14(21)19-13/h1-4,6,8H,5,7H2,(H,19,21)(H,20,22). The van der Waals surface area contributed by atoms with Crippen molar-refractivity contribution in [3.8, 4) is 0 Å². The van der Waals surface area contributed by atoms with Gasteiger partial charge in [-0.25, -0.2) is 0 Å². The van der Waals surface area contributed by atoms with Gasteiger partial charge >= 0.3 is 0 Å². The van der Waals surface area contributed by atoms with Crippen molar-refractivity contribution in [3.63, 3.8) is 0 Å². The summed E-state index contributed by atoms with van der Waals surface area (Å²) >= 11 is 12.1. The second-order valence-corrected chi connectivity index (χ2v) is 5.79. The zero-order valence-corrected chi connectivity index (χ0v) is 13.0. The Morgan fingerprint density at radius 3 is 2.55 bits per heavy atom. The van der Waals surface area contributed by atoms with Gasteiger partial charge < -0.3 is 10.6 Å². The van der Waals surface area contributed by atoms with Crippen molar-refractivity contribution in [2.24, 2.45) is 0 Å². The molecule has 0 saturated heterocycles.